The number of carbonyl (C=O) groups is 1. The monoisotopic (exact) mass is 266 g/mol. The second-order valence-corrected chi connectivity index (χ2v) is 5.64. The average Bonchev–Trinajstić information content (AvgIpc) is 2.36. The summed E-state index contributed by atoms with van der Waals surface area (Å²) in [5.41, 5.74) is 7.86. The van der Waals surface area contributed by atoms with Crippen molar-refractivity contribution in [1.82, 2.24) is 0 Å². The summed E-state index contributed by atoms with van der Waals surface area (Å²) in [7, 11) is 0. The predicted molar refractivity (Wildman–Crippen MR) is 80.1 cm³/mol. The Labute approximate surface area is 114 Å². The first-order valence-electron chi connectivity index (χ1n) is 6.20. The van der Waals surface area contributed by atoms with Crippen LogP contribution in [0.4, 0.5) is 5.69 Å². The summed E-state index contributed by atoms with van der Waals surface area (Å²) in [5.74, 6) is 1.25. The number of benzene rings is 1. The lowest BCUT2D eigenvalue weighted by molar-refractivity contribution is -0.117. The lowest BCUT2D eigenvalue weighted by Crippen LogP contribution is -2.36. The molecule has 1 rings (SSSR count). The van der Waals surface area contributed by atoms with Gasteiger partial charge in [-0.1, -0.05) is 26.0 Å². The number of anilines is 1. The fraction of sp³-hybridized carbons (Fsp3) is 0.500. The van der Waals surface area contributed by atoms with Gasteiger partial charge < -0.3 is 11.1 Å². The fourth-order valence-corrected chi connectivity index (χ4v) is 2.08. The van der Waals surface area contributed by atoms with Crippen LogP contribution < -0.4 is 11.1 Å². The van der Waals surface area contributed by atoms with Crippen molar-refractivity contribution in [3.05, 3.63) is 29.8 Å². The van der Waals surface area contributed by atoms with Crippen LogP contribution in [-0.2, 0) is 4.79 Å². The normalized spacial score (nSPS) is 12.5. The Balaban J connectivity index is 2.61. The van der Waals surface area contributed by atoms with E-state index in [-0.39, 0.29) is 5.91 Å². The van der Waals surface area contributed by atoms with Gasteiger partial charge in [-0.25, -0.2) is 0 Å². The summed E-state index contributed by atoms with van der Waals surface area (Å²) < 4.78 is 0. The zero-order chi connectivity index (χ0) is 13.5. The molecule has 0 aliphatic heterocycles. The van der Waals surface area contributed by atoms with Gasteiger partial charge in [0.25, 0.3) is 0 Å². The van der Waals surface area contributed by atoms with Crippen molar-refractivity contribution in [3.63, 3.8) is 0 Å². The van der Waals surface area contributed by atoms with E-state index in [2.05, 4.69) is 25.2 Å². The van der Waals surface area contributed by atoms with Crippen LogP contribution in [-0.4, -0.2) is 24.0 Å². The molecule has 1 aromatic carbocycles. The Hall–Kier alpha value is -1.00. The highest BCUT2D eigenvalue weighted by atomic mass is 32.2. The van der Waals surface area contributed by atoms with Gasteiger partial charge in [0.2, 0.25) is 5.91 Å². The molecule has 0 bridgehead atoms. The molecule has 0 unspecified atom stereocenters. The maximum atomic E-state index is 11.9. The molecule has 0 aliphatic rings. The van der Waals surface area contributed by atoms with Gasteiger partial charge >= 0.3 is 0 Å². The first-order valence-corrected chi connectivity index (χ1v) is 7.59. The molecule has 4 heteroatoms. The van der Waals surface area contributed by atoms with E-state index in [0.717, 1.165) is 11.4 Å². The molecule has 1 amide bonds. The molecular weight excluding hydrogens is 244 g/mol. The first-order chi connectivity index (χ1) is 8.54. The smallest absolute Gasteiger partial charge is 0.241 e. The molecule has 0 fully saturated rings. The van der Waals surface area contributed by atoms with E-state index in [1.165, 1.54) is 5.56 Å². The van der Waals surface area contributed by atoms with Crippen LogP contribution in [0, 0.1) is 0 Å². The van der Waals surface area contributed by atoms with Gasteiger partial charge in [-0.3, -0.25) is 4.79 Å². The van der Waals surface area contributed by atoms with E-state index >= 15 is 0 Å². The van der Waals surface area contributed by atoms with Crippen LogP contribution in [0.15, 0.2) is 24.3 Å². The van der Waals surface area contributed by atoms with Gasteiger partial charge in [0.05, 0.1) is 6.04 Å². The van der Waals surface area contributed by atoms with Crippen LogP contribution in [0.25, 0.3) is 0 Å². The Kier molecular flexibility index (Phi) is 6.22. The highest BCUT2D eigenvalue weighted by Crippen LogP contribution is 2.18. The van der Waals surface area contributed by atoms with Crippen molar-refractivity contribution in [2.45, 2.75) is 32.2 Å². The summed E-state index contributed by atoms with van der Waals surface area (Å²) in [6, 6.07) is 7.49. The zero-order valence-electron chi connectivity index (χ0n) is 11.3. The maximum Gasteiger partial charge on any atom is 0.241 e. The summed E-state index contributed by atoms with van der Waals surface area (Å²) >= 11 is 1.70. The van der Waals surface area contributed by atoms with Crippen molar-refractivity contribution in [2.75, 3.05) is 17.3 Å². The minimum atomic E-state index is -0.430. The molecule has 0 heterocycles. The number of amides is 1. The number of hydrogen-bond donors (Lipinski definition) is 2. The Morgan fingerprint density at radius 2 is 2.17 bits per heavy atom. The van der Waals surface area contributed by atoms with Crippen LogP contribution in [0.1, 0.15) is 31.7 Å². The van der Waals surface area contributed by atoms with E-state index < -0.39 is 6.04 Å². The van der Waals surface area contributed by atoms with Crippen molar-refractivity contribution in [2.24, 2.45) is 5.73 Å². The molecule has 100 valence electrons. The first kappa shape index (κ1) is 15.1. The van der Waals surface area contributed by atoms with Crippen LogP contribution in [0.3, 0.4) is 0 Å². The second kappa shape index (κ2) is 7.44. The SMILES string of the molecule is CSCC[C@H](N)C(=O)Nc1cccc(C(C)C)c1. The van der Waals surface area contributed by atoms with Gasteiger partial charge in [0.15, 0.2) is 0 Å². The molecule has 0 spiro atoms. The van der Waals surface area contributed by atoms with Crippen molar-refractivity contribution >= 4 is 23.4 Å². The number of rotatable bonds is 6. The van der Waals surface area contributed by atoms with Gasteiger partial charge in [-0.2, -0.15) is 11.8 Å². The molecule has 0 radical (unpaired) electrons. The molecule has 18 heavy (non-hydrogen) atoms. The molecule has 0 saturated heterocycles. The van der Waals surface area contributed by atoms with Gasteiger partial charge in [0, 0.05) is 5.69 Å². The van der Waals surface area contributed by atoms with Crippen molar-refractivity contribution in [3.8, 4) is 0 Å². The Bertz CT molecular complexity index is 393. The molecule has 3 nitrogen and oxygen atoms in total. The Morgan fingerprint density at radius 3 is 2.78 bits per heavy atom. The van der Waals surface area contributed by atoms with E-state index in [9.17, 15) is 4.79 Å². The van der Waals surface area contributed by atoms with Crippen LogP contribution in [0.5, 0.6) is 0 Å². The van der Waals surface area contributed by atoms with Gasteiger partial charge in [-0.05, 0) is 42.0 Å². The second-order valence-electron chi connectivity index (χ2n) is 4.66. The third-order valence-electron chi connectivity index (χ3n) is 2.79. The average molecular weight is 266 g/mol. The van der Waals surface area contributed by atoms with E-state index in [0.29, 0.717) is 12.3 Å². The summed E-state index contributed by atoms with van der Waals surface area (Å²) in [5, 5.41) is 2.87. The zero-order valence-corrected chi connectivity index (χ0v) is 12.1. The standard InChI is InChI=1S/C14H22N2OS/c1-10(2)11-5-4-6-12(9-11)16-14(17)13(15)7-8-18-3/h4-6,9-10,13H,7-8,15H2,1-3H3,(H,16,17)/t13-/m0/s1. The highest BCUT2D eigenvalue weighted by Gasteiger charge is 2.13. The van der Waals surface area contributed by atoms with Gasteiger partial charge in [0.1, 0.15) is 0 Å². The largest absolute Gasteiger partial charge is 0.325 e. The van der Waals surface area contributed by atoms with Crippen LogP contribution in [0.2, 0.25) is 0 Å². The topological polar surface area (TPSA) is 55.1 Å². The number of carbonyl (C=O) groups excluding carboxylic acids is 1. The molecule has 3 N–H and O–H groups in total. The lowest BCUT2D eigenvalue weighted by atomic mass is 10.0. The van der Waals surface area contributed by atoms with E-state index in [1.807, 2.05) is 24.5 Å². The molecule has 0 saturated carbocycles. The van der Waals surface area contributed by atoms with E-state index in [1.54, 1.807) is 11.8 Å². The number of thioether (sulfide) groups is 1. The van der Waals surface area contributed by atoms with Crippen LogP contribution >= 0.6 is 11.8 Å². The summed E-state index contributed by atoms with van der Waals surface area (Å²) in [6.07, 6.45) is 2.72. The summed E-state index contributed by atoms with van der Waals surface area (Å²) in [4.78, 5) is 11.9. The van der Waals surface area contributed by atoms with Crippen molar-refractivity contribution in [1.29, 1.82) is 0 Å². The number of hydrogen-bond acceptors (Lipinski definition) is 3. The Morgan fingerprint density at radius 1 is 1.44 bits per heavy atom. The van der Waals surface area contributed by atoms with Gasteiger partial charge in [-0.15, -0.1) is 0 Å². The minimum Gasteiger partial charge on any atom is -0.325 e. The quantitative estimate of drug-likeness (QED) is 0.832. The lowest BCUT2D eigenvalue weighted by Gasteiger charge is -2.13. The minimum absolute atomic E-state index is 0.107. The molecule has 0 aromatic heterocycles. The molecular formula is C14H22N2OS. The fourth-order valence-electron chi connectivity index (χ4n) is 1.59. The third kappa shape index (κ3) is 4.70. The van der Waals surface area contributed by atoms with E-state index in [4.69, 9.17) is 5.73 Å². The number of nitrogens with one attached hydrogen (secondary N) is 1. The molecule has 1 aromatic rings. The maximum absolute atomic E-state index is 11.9. The third-order valence-corrected chi connectivity index (χ3v) is 3.43. The highest BCUT2D eigenvalue weighted by molar-refractivity contribution is 7.98. The number of nitrogens with two attached hydrogens (primary N) is 1. The predicted octanol–water partition coefficient (Wildman–Crippen LogP) is 2.83. The van der Waals surface area contributed by atoms with Crippen molar-refractivity contribution < 1.29 is 4.79 Å². The summed E-state index contributed by atoms with van der Waals surface area (Å²) in [6.45, 7) is 4.26. The molecule has 0 aliphatic carbocycles. The molecule has 1 atom stereocenters.